The molecule has 0 aliphatic rings. The maximum atomic E-state index is 9.78. The first-order valence-electron chi connectivity index (χ1n) is 4.41. The smallest absolute Gasteiger partial charge is 0.138 e. The third-order valence-electron chi connectivity index (χ3n) is 2.00. The van der Waals surface area contributed by atoms with Gasteiger partial charge >= 0.3 is 0 Å². The van der Waals surface area contributed by atoms with Crippen LogP contribution in [0.2, 0.25) is 0 Å². The van der Waals surface area contributed by atoms with Crippen molar-refractivity contribution in [2.45, 2.75) is 12.5 Å². The number of aliphatic hydroxyl groups excluding tert-OH is 1. The minimum Gasteiger partial charge on any atom is -0.495 e. The van der Waals surface area contributed by atoms with E-state index < -0.39 is 6.10 Å². The first-order valence-corrected chi connectivity index (χ1v) is 5.20. The number of hydrogen-bond donors (Lipinski definition) is 2. The Morgan fingerprint density at radius 1 is 1.57 bits per heavy atom. The fourth-order valence-electron chi connectivity index (χ4n) is 1.32. The molecule has 0 fully saturated rings. The van der Waals surface area contributed by atoms with Crippen LogP contribution in [0.25, 0.3) is 0 Å². The van der Waals surface area contributed by atoms with Gasteiger partial charge in [0, 0.05) is 5.56 Å². The molecule has 1 aromatic rings. The Morgan fingerprint density at radius 2 is 2.29 bits per heavy atom. The van der Waals surface area contributed by atoms with Gasteiger partial charge in [0.2, 0.25) is 0 Å². The standard InChI is InChI=1S/C10H14BrNO2/c1-14-10-7(9(13)5-6-12)3-2-4-8(10)11/h2-4,9,13H,5-6,12H2,1H3/t9-/m0/s1. The fourth-order valence-corrected chi connectivity index (χ4v) is 1.86. The number of nitrogens with two attached hydrogens (primary N) is 1. The SMILES string of the molecule is COc1c(Br)cccc1[C@@H](O)CCN. The summed E-state index contributed by atoms with van der Waals surface area (Å²) in [4.78, 5) is 0. The van der Waals surface area contributed by atoms with Gasteiger partial charge in [0.05, 0.1) is 17.7 Å². The molecule has 3 nitrogen and oxygen atoms in total. The molecule has 0 aliphatic carbocycles. The lowest BCUT2D eigenvalue weighted by Gasteiger charge is -2.14. The van der Waals surface area contributed by atoms with Crippen molar-refractivity contribution >= 4 is 15.9 Å². The molecule has 1 atom stereocenters. The maximum absolute atomic E-state index is 9.78. The predicted molar refractivity (Wildman–Crippen MR) is 59.3 cm³/mol. The van der Waals surface area contributed by atoms with E-state index in [1.165, 1.54) is 0 Å². The second-order valence-corrected chi connectivity index (χ2v) is 3.81. The van der Waals surface area contributed by atoms with E-state index in [9.17, 15) is 5.11 Å². The lowest BCUT2D eigenvalue weighted by molar-refractivity contribution is 0.166. The predicted octanol–water partition coefficient (Wildman–Crippen LogP) is 1.84. The van der Waals surface area contributed by atoms with Gasteiger partial charge < -0.3 is 15.6 Å². The van der Waals surface area contributed by atoms with E-state index in [0.29, 0.717) is 18.7 Å². The summed E-state index contributed by atoms with van der Waals surface area (Å²) in [5.41, 5.74) is 6.15. The van der Waals surface area contributed by atoms with Crippen LogP contribution in [-0.4, -0.2) is 18.8 Å². The molecule has 0 heterocycles. The molecule has 78 valence electrons. The van der Waals surface area contributed by atoms with Gasteiger partial charge in [0.25, 0.3) is 0 Å². The van der Waals surface area contributed by atoms with Crippen molar-refractivity contribution in [3.63, 3.8) is 0 Å². The minimum atomic E-state index is -0.563. The summed E-state index contributed by atoms with van der Waals surface area (Å²) >= 11 is 3.36. The molecule has 0 saturated carbocycles. The molecule has 1 rings (SSSR count). The van der Waals surface area contributed by atoms with Crippen molar-refractivity contribution in [3.05, 3.63) is 28.2 Å². The van der Waals surface area contributed by atoms with E-state index in [1.54, 1.807) is 7.11 Å². The summed E-state index contributed by atoms with van der Waals surface area (Å²) in [6.07, 6.45) is -0.0280. The van der Waals surface area contributed by atoms with Crippen LogP contribution in [0.3, 0.4) is 0 Å². The number of methoxy groups -OCH3 is 1. The third kappa shape index (κ3) is 2.47. The molecule has 0 radical (unpaired) electrons. The number of benzene rings is 1. The van der Waals surface area contributed by atoms with Gasteiger partial charge in [-0.05, 0) is 35.0 Å². The number of ether oxygens (including phenoxy) is 1. The minimum absolute atomic E-state index is 0.455. The summed E-state index contributed by atoms with van der Waals surface area (Å²) in [6, 6.07) is 5.57. The molecular formula is C10H14BrNO2. The topological polar surface area (TPSA) is 55.5 Å². The Kier molecular flexibility index (Phi) is 4.38. The van der Waals surface area contributed by atoms with Crippen LogP contribution in [0, 0.1) is 0 Å². The molecule has 0 amide bonds. The van der Waals surface area contributed by atoms with Crippen LogP contribution in [0.5, 0.6) is 5.75 Å². The third-order valence-corrected chi connectivity index (χ3v) is 2.63. The lowest BCUT2D eigenvalue weighted by atomic mass is 10.1. The van der Waals surface area contributed by atoms with Gasteiger partial charge in [0.15, 0.2) is 0 Å². The van der Waals surface area contributed by atoms with Gasteiger partial charge in [-0.2, -0.15) is 0 Å². The molecular weight excluding hydrogens is 246 g/mol. The average Bonchev–Trinajstić information content (AvgIpc) is 2.17. The highest BCUT2D eigenvalue weighted by molar-refractivity contribution is 9.10. The van der Waals surface area contributed by atoms with Gasteiger partial charge in [-0.1, -0.05) is 12.1 Å². The van der Waals surface area contributed by atoms with Gasteiger partial charge in [-0.3, -0.25) is 0 Å². The molecule has 0 aliphatic heterocycles. The Labute approximate surface area is 92.0 Å². The summed E-state index contributed by atoms with van der Waals surface area (Å²) in [6.45, 7) is 0.455. The molecule has 3 N–H and O–H groups in total. The van der Waals surface area contributed by atoms with E-state index in [4.69, 9.17) is 10.5 Å². The lowest BCUT2D eigenvalue weighted by Crippen LogP contribution is -2.08. The van der Waals surface area contributed by atoms with Gasteiger partial charge in [-0.15, -0.1) is 0 Å². The summed E-state index contributed by atoms with van der Waals surface area (Å²) in [5, 5.41) is 9.78. The monoisotopic (exact) mass is 259 g/mol. The summed E-state index contributed by atoms with van der Waals surface area (Å²) in [7, 11) is 1.58. The molecule has 0 bridgehead atoms. The van der Waals surface area contributed by atoms with Crippen LogP contribution in [0.4, 0.5) is 0 Å². The van der Waals surface area contributed by atoms with Crippen molar-refractivity contribution in [1.29, 1.82) is 0 Å². The molecule has 0 unspecified atom stereocenters. The quantitative estimate of drug-likeness (QED) is 0.868. The van der Waals surface area contributed by atoms with Gasteiger partial charge in [0.1, 0.15) is 5.75 Å². The highest BCUT2D eigenvalue weighted by Crippen LogP contribution is 2.33. The molecule has 0 spiro atoms. The molecule has 0 saturated heterocycles. The van der Waals surface area contributed by atoms with Crippen LogP contribution < -0.4 is 10.5 Å². The van der Waals surface area contributed by atoms with E-state index in [0.717, 1.165) is 10.0 Å². The van der Waals surface area contributed by atoms with E-state index in [1.807, 2.05) is 18.2 Å². The zero-order valence-electron chi connectivity index (χ0n) is 8.03. The van der Waals surface area contributed by atoms with Crippen LogP contribution in [-0.2, 0) is 0 Å². The number of hydrogen-bond acceptors (Lipinski definition) is 3. The largest absolute Gasteiger partial charge is 0.495 e. The van der Waals surface area contributed by atoms with E-state index in [2.05, 4.69) is 15.9 Å². The molecule has 4 heteroatoms. The average molecular weight is 260 g/mol. The highest BCUT2D eigenvalue weighted by Gasteiger charge is 2.14. The van der Waals surface area contributed by atoms with Crippen LogP contribution in [0.15, 0.2) is 22.7 Å². The highest BCUT2D eigenvalue weighted by atomic mass is 79.9. The number of rotatable bonds is 4. The van der Waals surface area contributed by atoms with Crippen LogP contribution >= 0.6 is 15.9 Å². The number of aliphatic hydroxyl groups is 1. The maximum Gasteiger partial charge on any atom is 0.138 e. The number of halogens is 1. The zero-order chi connectivity index (χ0) is 10.6. The van der Waals surface area contributed by atoms with Crippen molar-refractivity contribution in [3.8, 4) is 5.75 Å². The fraction of sp³-hybridized carbons (Fsp3) is 0.400. The Balaban J connectivity index is 3.00. The van der Waals surface area contributed by atoms with Crippen molar-refractivity contribution in [2.75, 3.05) is 13.7 Å². The zero-order valence-corrected chi connectivity index (χ0v) is 9.62. The van der Waals surface area contributed by atoms with Crippen molar-refractivity contribution in [1.82, 2.24) is 0 Å². The Bertz CT molecular complexity index is 304. The van der Waals surface area contributed by atoms with Crippen molar-refractivity contribution in [2.24, 2.45) is 5.73 Å². The van der Waals surface area contributed by atoms with Gasteiger partial charge in [-0.25, -0.2) is 0 Å². The number of para-hydroxylation sites is 1. The molecule has 14 heavy (non-hydrogen) atoms. The van der Waals surface area contributed by atoms with Crippen LogP contribution in [0.1, 0.15) is 18.1 Å². The first-order chi connectivity index (χ1) is 6.70. The summed E-state index contributed by atoms with van der Waals surface area (Å²) < 4.78 is 6.04. The normalized spacial score (nSPS) is 12.6. The van der Waals surface area contributed by atoms with E-state index in [-0.39, 0.29) is 0 Å². The van der Waals surface area contributed by atoms with E-state index >= 15 is 0 Å². The molecule has 1 aromatic carbocycles. The first kappa shape index (κ1) is 11.5. The molecule has 0 aromatic heterocycles. The van der Waals surface area contributed by atoms with Crippen molar-refractivity contribution < 1.29 is 9.84 Å². The Hall–Kier alpha value is -0.580. The Morgan fingerprint density at radius 3 is 2.86 bits per heavy atom. The summed E-state index contributed by atoms with van der Waals surface area (Å²) in [5.74, 6) is 0.674. The second-order valence-electron chi connectivity index (χ2n) is 2.96. The second kappa shape index (κ2) is 5.34.